The standard InChI is InChI=1S/C20H25N5O3/c1-4-22-19(26)14-11-15-18(24(17(14)21)9-6-10-28-5-2)23-16-8-7-13(3)12-25(16)20(15)27/h7-8,11-12,21H,4-6,9-10H2,1-3H3,(H,22,26). The minimum atomic E-state index is -0.373. The summed E-state index contributed by atoms with van der Waals surface area (Å²) < 4.78 is 8.50. The fraction of sp³-hybridized carbons (Fsp3) is 0.400. The molecule has 148 valence electrons. The Bertz CT molecular complexity index is 1150. The summed E-state index contributed by atoms with van der Waals surface area (Å²) in [7, 11) is 0. The average molecular weight is 383 g/mol. The number of amides is 1. The van der Waals surface area contributed by atoms with Gasteiger partial charge in [0, 0.05) is 32.5 Å². The summed E-state index contributed by atoms with van der Waals surface area (Å²) in [4.78, 5) is 30.2. The number of hydrogen-bond acceptors (Lipinski definition) is 5. The molecule has 0 unspecified atom stereocenters. The van der Waals surface area contributed by atoms with Crippen LogP contribution in [0.4, 0.5) is 0 Å². The molecule has 0 saturated carbocycles. The van der Waals surface area contributed by atoms with Crippen molar-refractivity contribution in [3.63, 3.8) is 0 Å². The van der Waals surface area contributed by atoms with Crippen molar-refractivity contribution in [1.82, 2.24) is 19.3 Å². The highest BCUT2D eigenvalue weighted by Gasteiger charge is 2.17. The second kappa shape index (κ2) is 8.35. The molecule has 3 aromatic rings. The van der Waals surface area contributed by atoms with Gasteiger partial charge in [-0.2, -0.15) is 0 Å². The number of carbonyl (C=O) groups excluding carboxylic acids is 1. The van der Waals surface area contributed by atoms with Crippen LogP contribution in [0.3, 0.4) is 0 Å². The quantitative estimate of drug-likeness (QED) is 0.478. The molecule has 8 nitrogen and oxygen atoms in total. The van der Waals surface area contributed by atoms with Crippen molar-refractivity contribution in [1.29, 1.82) is 5.41 Å². The van der Waals surface area contributed by atoms with E-state index in [2.05, 4.69) is 10.3 Å². The minimum absolute atomic E-state index is 0.0401. The van der Waals surface area contributed by atoms with Crippen LogP contribution in [0.1, 0.15) is 36.2 Å². The maximum atomic E-state index is 13.1. The van der Waals surface area contributed by atoms with E-state index in [9.17, 15) is 9.59 Å². The summed E-state index contributed by atoms with van der Waals surface area (Å²) >= 11 is 0. The Labute approximate surface area is 162 Å². The SMILES string of the molecule is CCNC(=O)c1cc2c(=O)n3cc(C)ccc3nc2n(CCCOCC)c1=N. The van der Waals surface area contributed by atoms with Crippen LogP contribution in [0.2, 0.25) is 0 Å². The van der Waals surface area contributed by atoms with Crippen LogP contribution >= 0.6 is 0 Å². The van der Waals surface area contributed by atoms with Crippen molar-refractivity contribution in [2.75, 3.05) is 19.8 Å². The molecule has 0 aliphatic carbocycles. The van der Waals surface area contributed by atoms with E-state index < -0.39 is 0 Å². The Hall–Kier alpha value is -3.00. The number of fused-ring (bicyclic) bond motifs is 2. The molecule has 1 amide bonds. The maximum absolute atomic E-state index is 13.1. The van der Waals surface area contributed by atoms with Crippen molar-refractivity contribution >= 4 is 22.6 Å². The Morgan fingerprint density at radius 2 is 2.11 bits per heavy atom. The molecule has 0 aliphatic rings. The third-order valence-electron chi connectivity index (χ3n) is 4.51. The Morgan fingerprint density at radius 1 is 1.32 bits per heavy atom. The fourth-order valence-electron chi connectivity index (χ4n) is 3.16. The lowest BCUT2D eigenvalue weighted by Gasteiger charge is -2.14. The van der Waals surface area contributed by atoms with Gasteiger partial charge in [-0.05, 0) is 44.9 Å². The first-order chi connectivity index (χ1) is 13.5. The first-order valence-electron chi connectivity index (χ1n) is 9.45. The molecular weight excluding hydrogens is 358 g/mol. The molecule has 3 aromatic heterocycles. The number of rotatable bonds is 7. The smallest absolute Gasteiger partial charge is 0.267 e. The second-order valence-corrected chi connectivity index (χ2v) is 6.56. The van der Waals surface area contributed by atoms with Gasteiger partial charge < -0.3 is 14.6 Å². The van der Waals surface area contributed by atoms with Gasteiger partial charge in [-0.1, -0.05) is 6.07 Å². The zero-order valence-corrected chi connectivity index (χ0v) is 16.4. The molecule has 8 heteroatoms. The van der Waals surface area contributed by atoms with Crippen LogP contribution in [0.5, 0.6) is 0 Å². The Morgan fingerprint density at radius 3 is 2.82 bits per heavy atom. The second-order valence-electron chi connectivity index (χ2n) is 6.56. The summed E-state index contributed by atoms with van der Waals surface area (Å²) in [6.45, 7) is 7.64. The van der Waals surface area contributed by atoms with E-state index in [1.54, 1.807) is 16.8 Å². The maximum Gasteiger partial charge on any atom is 0.267 e. The van der Waals surface area contributed by atoms with Gasteiger partial charge in [0.2, 0.25) is 0 Å². The molecule has 3 rings (SSSR count). The van der Waals surface area contributed by atoms with Gasteiger partial charge in [-0.15, -0.1) is 0 Å². The van der Waals surface area contributed by atoms with Crippen molar-refractivity contribution in [3.8, 4) is 0 Å². The third-order valence-corrected chi connectivity index (χ3v) is 4.51. The lowest BCUT2D eigenvalue weighted by molar-refractivity contribution is 0.0953. The van der Waals surface area contributed by atoms with Crippen LogP contribution in [0.15, 0.2) is 29.2 Å². The van der Waals surface area contributed by atoms with Crippen LogP contribution in [0.25, 0.3) is 16.7 Å². The van der Waals surface area contributed by atoms with Gasteiger partial charge in [0.1, 0.15) is 16.8 Å². The largest absolute Gasteiger partial charge is 0.382 e. The lowest BCUT2D eigenvalue weighted by Crippen LogP contribution is -2.35. The molecule has 0 atom stereocenters. The molecule has 0 fully saturated rings. The monoisotopic (exact) mass is 383 g/mol. The summed E-state index contributed by atoms with van der Waals surface area (Å²) in [5, 5.41) is 11.6. The highest BCUT2D eigenvalue weighted by Crippen LogP contribution is 2.12. The van der Waals surface area contributed by atoms with E-state index >= 15 is 0 Å². The van der Waals surface area contributed by atoms with E-state index in [0.29, 0.717) is 49.4 Å². The van der Waals surface area contributed by atoms with Crippen LogP contribution in [-0.4, -0.2) is 39.6 Å². The fourth-order valence-corrected chi connectivity index (χ4v) is 3.16. The molecule has 2 N–H and O–H groups in total. The van der Waals surface area contributed by atoms with Crippen molar-refractivity contribution in [2.24, 2.45) is 0 Å². The first-order valence-corrected chi connectivity index (χ1v) is 9.45. The van der Waals surface area contributed by atoms with Crippen molar-refractivity contribution in [3.05, 3.63) is 51.4 Å². The van der Waals surface area contributed by atoms with Gasteiger partial charge in [0.05, 0.1) is 10.9 Å². The van der Waals surface area contributed by atoms with E-state index in [0.717, 1.165) is 5.56 Å². The van der Waals surface area contributed by atoms with Crippen LogP contribution < -0.4 is 16.4 Å². The summed E-state index contributed by atoms with van der Waals surface area (Å²) in [5.41, 5.74) is 1.79. The molecular formula is C20H25N5O3. The van der Waals surface area contributed by atoms with Crippen molar-refractivity contribution in [2.45, 2.75) is 33.7 Å². The summed E-state index contributed by atoms with van der Waals surface area (Å²) in [5.74, 6) is -0.373. The number of hydrogen-bond donors (Lipinski definition) is 2. The summed E-state index contributed by atoms with van der Waals surface area (Å²) in [6, 6.07) is 5.14. The van der Waals surface area contributed by atoms with Gasteiger partial charge in [-0.25, -0.2) is 4.98 Å². The number of nitrogens with zero attached hydrogens (tertiary/aromatic N) is 3. The molecule has 0 aliphatic heterocycles. The van der Waals surface area contributed by atoms with Gasteiger partial charge in [0.15, 0.2) is 0 Å². The Kier molecular flexibility index (Phi) is 5.89. The average Bonchev–Trinajstić information content (AvgIpc) is 2.67. The number of aryl methyl sites for hydroxylation is 2. The molecule has 0 aromatic carbocycles. The third kappa shape index (κ3) is 3.68. The number of carbonyl (C=O) groups is 1. The Balaban J connectivity index is 2.28. The normalized spacial score (nSPS) is 11.2. The first kappa shape index (κ1) is 19.8. The molecule has 0 spiro atoms. The van der Waals surface area contributed by atoms with E-state index in [1.165, 1.54) is 10.5 Å². The van der Waals surface area contributed by atoms with Crippen LogP contribution in [-0.2, 0) is 11.3 Å². The predicted molar refractivity (Wildman–Crippen MR) is 107 cm³/mol. The number of aromatic nitrogens is 3. The molecule has 0 saturated heterocycles. The number of pyridine rings is 2. The summed E-state index contributed by atoms with van der Waals surface area (Å²) in [6.07, 6.45) is 2.37. The van der Waals surface area contributed by atoms with Crippen molar-refractivity contribution < 1.29 is 9.53 Å². The zero-order valence-electron chi connectivity index (χ0n) is 16.4. The van der Waals surface area contributed by atoms with Gasteiger partial charge >= 0.3 is 0 Å². The minimum Gasteiger partial charge on any atom is -0.382 e. The highest BCUT2D eigenvalue weighted by molar-refractivity contribution is 5.96. The highest BCUT2D eigenvalue weighted by atomic mass is 16.5. The van der Waals surface area contributed by atoms with E-state index in [1.807, 2.05) is 26.8 Å². The molecule has 0 radical (unpaired) electrons. The molecule has 0 bridgehead atoms. The number of nitrogens with one attached hydrogen (secondary N) is 2. The zero-order chi connectivity index (χ0) is 20.3. The molecule has 3 heterocycles. The van der Waals surface area contributed by atoms with E-state index in [4.69, 9.17) is 10.1 Å². The van der Waals surface area contributed by atoms with Gasteiger partial charge in [0.25, 0.3) is 11.5 Å². The van der Waals surface area contributed by atoms with Gasteiger partial charge in [-0.3, -0.25) is 19.4 Å². The van der Waals surface area contributed by atoms with Crippen LogP contribution in [0, 0.1) is 12.3 Å². The lowest BCUT2D eigenvalue weighted by atomic mass is 10.2. The molecule has 28 heavy (non-hydrogen) atoms. The number of ether oxygens (including phenoxy) is 1. The van der Waals surface area contributed by atoms with E-state index in [-0.39, 0.29) is 22.5 Å². The topological polar surface area (TPSA) is 101 Å². The predicted octanol–water partition coefficient (Wildman–Crippen LogP) is 1.61.